The first-order valence-corrected chi connectivity index (χ1v) is 10.6. The Morgan fingerprint density at radius 3 is 2.62 bits per heavy atom. The van der Waals surface area contributed by atoms with Crippen LogP contribution < -0.4 is 5.73 Å². The maximum atomic E-state index is 11.8. The van der Waals surface area contributed by atoms with Gasteiger partial charge in [0.05, 0.1) is 5.60 Å². The first-order valence-electron chi connectivity index (χ1n) is 10.6. The van der Waals surface area contributed by atoms with Gasteiger partial charge in [0.2, 0.25) is 5.91 Å². The minimum Gasteiger partial charge on any atom is -0.373 e. The number of primary amides is 1. The Morgan fingerprint density at radius 2 is 1.93 bits per heavy atom. The van der Waals surface area contributed by atoms with Gasteiger partial charge < -0.3 is 15.4 Å². The number of hydrogen-bond acceptors (Lipinski definition) is 3. The molecule has 4 heteroatoms. The molecule has 2 aromatic carbocycles. The molecule has 0 spiro atoms. The number of likely N-dealkylation sites (N-methyl/N-ethyl adjacent to an activating group) is 1. The highest BCUT2D eigenvalue weighted by molar-refractivity contribution is 5.92. The Bertz CT molecular complexity index is 807. The summed E-state index contributed by atoms with van der Waals surface area (Å²) in [6, 6.07) is 18.4. The molecule has 4 nitrogen and oxygen atoms in total. The lowest BCUT2D eigenvalue weighted by atomic mass is 9.65. The second-order valence-corrected chi connectivity index (χ2v) is 8.47. The number of hydrogen-bond donors (Lipinski definition) is 1. The SMILES string of the molecule is COC1(c2cccc(C(N)=O)c2)C(C)CCCC1CN(C)CCc1ccccc1. The van der Waals surface area contributed by atoms with Crippen LogP contribution in [0.2, 0.25) is 0 Å². The molecule has 1 fully saturated rings. The zero-order chi connectivity index (χ0) is 20.9. The van der Waals surface area contributed by atoms with Crippen molar-refractivity contribution >= 4 is 5.91 Å². The number of rotatable bonds is 8. The number of carbonyl (C=O) groups excluding carboxylic acids is 1. The van der Waals surface area contributed by atoms with Crippen LogP contribution in [0, 0.1) is 11.8 Å². The van der Waals surface area contributed by atoms with Crippen molar-refractivity contribution in [2.75, 3.05) is 27.2 Å². The Morgan fingerprint density at radius 1 is 1.17 bits per heavy atom. The summed E-state index contributed by atoms with van der Waals surface area (Å²) in [7, 11) is 4.01. The maximum absolute atomic E-state index is 11.8. The normalized spacial score (nSPS) is 24.6. The van der Waals surface area contributed by atoms with Crippen molar-refractivity contribution in [2.45, 2.75) is 38.2 Å². The van der Waals surface area contributed by atoms with Crippen molar-refractivity contribution in [3.05, 3.63) is 71.3 Å². The molecule has 1 amide bonds. The summed E-state index contributed by atoms with van der Waals surface area (Å²) in [4.78, 5) is 14.2. The monoisotopic (exact) mass is 394 g/mol. The molecule has 3 unspecified atom stereocenters. The Balaban J connectivity index is 1.81. The zero-order valence-electron chi connectivity index (χ0n) is 17.9. The second-order valence-electron chi connectivity index (χ2n) is 8.47. The van der Waals surface area contributed by atoms with Gasteiger partial charge in [-0.2, -0.15) is 0 Å². The molecule has 2 aromatic rings. The average Bonchev–Trinajstić information content (AvgIpc) is 2.74. The third-order valence-electron chi connectivity index (χ3n) is 6.62. The van der Waals surface area contributed by atoms with Gasteiger partial charge in [-0.15, -0.1) is 0 Å². The van der Waals surface area contributed by atoms with Crippen LogP contribution in [0.1, 0.15) is 47.7 Å². The fourth-order valence-corrected chi connectivity index (χ4v) is 5.08. The van der Waals surface area contributed by atoms with Gasteiger partial charge in [0.1, 0.15) is 0 Å². The molecule has 0 aliphatic heterocycles. The molecule has 3 rings (SSSR count). The predicted octanol–water partition coefficient (Wildman–Crippen LogP) is 4.24. The Labute approximate surface area is 175 Å². The molecule has 3 atom stereocenters. The number of methoxy groups -OCH3 is 1. The number of nitrogens with zero attached hydrogens (tertiary/aromatic N) is 1. The van der Waals surface area contributed by atoms with Crippen LogP contribution >= 0.6 is 0 Å². The van der Waals surface area contributed by atoms with Crippen molar-refractivity contribution < 1.29 is 9.53 Å². The number of benzene rings is 2. The van der Waals surface area contributed by atoms with Crippen LogP contribution in [0.5, 0.6) is 0 Å². The minimum atomic E-state index is -0.398. The van der Waals surface area contributed by atoms with E-state index in [-0.39, 0.29) is 0 Å². The molecule has 0 bridgehead atoms. The quantitative estimate of drug-likeness (QED) is 0.729. The van der Waals surface area contributed by atoms with E-state index in [1.54, 1.807) is 6.07 Å². The molecule has 0 saturated heterocycles. The van der Waals surface area contributed by atoms with Crippen LogP contribution in [0.25, 0.3) is 0 Å². The first-order chi connectivity index (χ1) is 14.0. The van der Waals surface area contributed by atoms with E-state index in [9.17, 15) is 4.79 Å². The molecule has 0 aromatic heterocycles. The van der Waals surface area contributed by atoms with E-state index in [0.29, 0.717) is 17.4 Å². The summed E-state index contributed by atoms with van der Waals surface area (Å²) < 4.78 is 6.31. The van der Waals surface area contributed by atoms with Crippen LogP contribution in [-0.4, -0.2) is 38.1 Å². The summed E-state index contributed by atoms with van der Waals surface area (Å²) in [6.45, 7) is 4.25. The van der Waals surface area contributed by atoms with Crippen molar-refractivity contribution in [3.8, 4) is 0 Å². The van der Waals surface area contributed by atoms with Gasteiger partial charge in [-0.05, 0) is 55.5 Å². The van der Waals surface area contributed by atoms with E-state index in [1.807, 2.05) is 19.2 Å². The van der Waals surface area contributed by atoms with Gasteiger partial charge in [-0.25, -0.2) is 0 Å². The van der Waals surface area contributed by atoms with Gasteiger partial charge in [-0.1, -0.05) is 55.8 Å². The Kier molecular flexibility index (Phi) is 7.09. The molecular weight excluding hydrogens is 360 g/mol. The van der Waals surface area contributed by atoms with E-state index in [4.69, 9.17) is 10.5 Å². The lowest BCUT2D eigenvalue weighted by Crippen LogP contribution is -2.50. The summed E-state index contributed by atoms with van der Waals surface area (Å²) in [5.41, 5.74) is 8.14. The van der Waals surface area contributed by atoms with Crippen LogP contribution in [0.3, 0.4) is 0 Å². The highest BCUT2D eigenvalue weighted by atomic mass is 16.5. The van der Waals surface area contributed by atoms with Crippen molar-refractivity contribution in [3.63, 3.8) is 0 Å². The minimum absolute atomic E-state index is 0.361. The number of amides is 1. The highest BCUT2D eigenvalue weighted by Gasteiger charge is 2.47. The number of ether oxygens (including phenoxy) is 1. The average molecular weight is 395 g/mol. The predicted molar refractivity (Wildman–Crippen MR) is 118 cm³/mol. The van der Waals surface area contributed by atoms with E-state index < -0.39 is 11.5 Å². The van der Waals surface area contributed by atoms with Crippen molar-refractivity contribution in [2.24, 2.45) is 17.6 Å². The molecule has 1 aliphatic rings. The molecule has 2 N–H and O–H groups in total. The largest absolute Gasteiger partial charge is 0.373 e. The van der Waals surface area contributed by atoms with E-state index in [2.05, 4.69) is 55.3 Å². The zero-order valence-corrected chi connectivity index (χ0v) is 17.9. The molecule has 1 saturated carbocycles. The maximum Gasteiger partial charge on any atom is 0.248 e. The lowest BCUT2D eigenvalue weighted by Gasteiger charge is -2.49. The van der Waals surface area contributed by atoms with Crippen LogP contribution in [-0.2, 0) is 16.8 Å². The number of nitrogens with two attached hydrogens (primary N) is 1. The molecule has 156 valence electrons. The smallest absolute Gasteiger partial charge is 0.248 e. The fraction of sp³-hybridized carbons (Fsp3) is 0.480. The molecular formula is C25H34N2O2. The third kappa shape index (κ3) is 4.71. The van der Waals surface area contributed by atoms with Gasteiger partial charge in [0, 0.05) is 31.7 Å². The standard InChI is InChI=1S/C25H34N2O2/c1-19-9-7-14-23(18-27(2)16-15-20-10-5-4-6-11-20)25(19,29-3)22-13-8-12-21(17-22)24(26)28/h4-6,8,10-13,17,19,23H,7,9,14-16,18H2,1-3H3,(H2,26,28). The van der Waals surface area contributed by atoms with E-state index >= 15 is 0 Å². The first kappa shape index (κ1) is 21.5. The summed E-state index contributed by atoms with van der Waals surface area (Å²) in [5.74, 6) is 0.343. The number of carbonyl (C=O) groups is 1. The van der Waals surface area contributed by atoms with Gasteiger partial charge in [0.15, 0.2) is 0 Å². The molecule has 29 heavy (non-hydrogen) atoms. The van der Waals surface area contributed by atoms with Gasteiger partial charge >= 0.3 is 0 Å². The lowest BCUT2D eigenvalue weighted by molar-refractivity contribution is -0.131. The van der Waals surface area contributed by atoms with Crippen molar-refractivity contribution in [1.82, 2.24) is 4.90 Å². The van der Waals surface area contributed by atoms with Gasteiger partial charge in [0.25, 0.3) is 0 Å². The fourth-order valence-electron chi connectivity index (χ4n) is 5.08. The van der Waals surface area contributed by atoms with E-state index in [0.717, 1.165) is 37.9 Å². The van der Waals surface area contributed by atoms with Gasteiger partial charge in [-0.3, -0.25) is 4.79 Å². The highest BCUT2D eigenvalue weighted by Crippen LogP contribution is 2.48. The summed E-state index contributed by atoms with van der Waals surface area (Å²) in [5, 5.41) is 0. The third-order valence-corrected chi connectivity index (χ3v) is 6.62. The molecule has 1 aliphatic carbocycles. The van der Waals surface area contributed by atoms with Crippen LogP contribution in [0.4, 0.5) is 0 Å². The molecule has 0 heterocycles. The second kappa shape index (κ2) is 9.55. The summed E-state index contributed by atoms with van der Waals surface area (Å²) in [6.07, 6.45) is 4.49. The van der Waals surface area contributed by atoms with Crippen LogP contribution in [0.15, 0.2) is 54.6 Å². The van der Waals surface area contributed by atoms with E-state index in [1.165, 1.54) is 12.0 Å². The summed E-state index contributed by atoms with van der Waals surface area (Å²) >= 11 is 0. The topological polar surface area (TPSA) is 55.6 Å². The van der Waals surface area contributed by atoms with Crippen molar-refractivity contribution in [1.29, 1.82) is 0 Å². The Hall–Kier alpha value is -2.17. The molecule has 0 radical (unpaired) electrons.